The quantitative estimate of drug-likeness (QED) is 0.799. The second-order valence-corrected chi connectivity index (χ2v) is 5.57. The molecule has 0 aliphatic rings. The van der Waals surface area contributed by atoms with Crippen molar-refractivity contribution in [3.05, 3.63) is 70.6 Å². The number of fused-ring (bicyclic) bond motifs is 1. The molecule has 0 saturated carbocycles. The van der Waals surface area contributed by atoms with Gasteiger partial charge in [-0.25, -0.2) is 4.98 Å². The highest BCUT2D eigenvalue weighted by molar-refractivity contribution is 9.10. The molecule has 1 unspecified atom stereocenters. The van der Waals surface area contributed by atoms with E-state index in [9.17, 15) is 0 Å². The number of pyridine rings is 2. The topological polar surface area (TPSA) is 51.8 Å². The minimum Gasteiger partial charge on any atom is -0.322 e. The van der Waals surface area contributed by atoms with Crippen LogP contribution in [0.15, 0.2) is 59.3 Å². The minimum absolute atomic E-state index is 0.154. The van der Waals surface area contributed by atoms with Gasteiger partial charge in [0.05, 0.1) is 17.3 Å². The zero-order valence-corrected chi connectivity index (χ0v) is 12.4. The van der Waals surface area contributed by atoms with Crippen LogP contribution in [0, 0.1) is 0 Å². The maximum atomic E-state index is 6.30. The number of nitrogens with zero attached hydrogens (tertiary/aromatic N) is 2. The fraction of sp³-hybridized carbons (Fsp3) is 0.125. The number of para-hydroxylation sites is 1. The first-order chi connectivity index (χ1) is 9.74. The third-order valence-corrected chi connectivity index (χ3v) is 3.87. The second kappa shape index (κ2) is 5.69. The summed E-state index contributed by atoms with van der Waals surface area (Å²) in [6.07, 6.45) is 4.33. The summed E-state index contributed by atoms with van der Waals surface area (Å²) >= 11 is 3.57. The molecule has 20 heavy (non-hydrogen) atoms. The fourth-order valence-corrected chi connectivity index (χ4v) is 2.86. The van der Waals surface area contributed by atoms with E-state index in [0.717, 1.165) is 33.1 Å². The average Bonchev–Trinajstić information content (AvgIpc) is 2.47. The Labute approximate surface area is 126 Å². The lowest BCUT2D eigenvalue weighted by molar-refractivity contribution is 0.694. The van der Waals surface area contributed by atoms with E-state index in [0.29, 0.717) is 0 Å². The highest BCUT2D eigenvalue weighted by atomic mass is 79.9. The van der Waals surface area contributed by atoms with Crippen molar-refractivity contribution >= 4 is 26.8 Å². The molecule has 1 atom stereocenters. The van der Waals surface area contributed by atoms with Crippen LogP contribution in [0.2, 0.25) is 0 Å². The van der Waals surface area contributed by atoms with E-state index in [1.54, 1.807) is 6.20 Å². The first-order valence-electron chi connectivity index (χ1n) is 6.44. The van der Waals surface area contributed by atoms with Crippen LogP contribution in [0.25, 0.3) is 10.9 Å². The largest absolute Gasteiger partial charge is 0.322 e. The summed E-state index contributed by atoms with van der Waals surface area (Å²) in [6, 6.07) is 13.9. The van der Waals surface area contributed by atoms with Crippen LogP contribution in [-0.4, -0.2) is 9.97 Å². The maximum Gasteiger partial charge on any atom is 0.0723 e. The van der Waals surface area contributed by atoms with Crippen LogP contribution in [0.5, 0.6) is 0 Å². The molecule has 0 fully saturated rings. The molecule has 3 nitrogen and oxygen atoms in total. The molecule has 0 spiro atoms. The van der Waals surface area contributed by atoms with Crippen molar-refractivity contribution in [2.75, 3.05) is 0 Å². The van der Waals surface area contributed by atoms with Crippen LogP contribution >= 0.6 is 15.9 Å². The number of hydrogen-bond donors (Lipinski definition) is 1. The van der Waals surface area contributed by atoms with Gasteiger partial charge in [-0.2, -0.15) is 0 Å². The third kappa shape index (κ3) is 2.71. The van der Waals surface area contributed by atoms with Crippen molar-refractivity contribution in [1.29, 1.82) is 0 Å². The Morgan fingerprint density at radius 3 is 2.80 bits per heavy atom. The standard InChI is InChI=1S/C16H14BrN3/c17-13-9-12-5-1-2-6-15(12)20-16(13)14(18)8-11-4-3-7-19-10-11/h1-7,9-10,14H,8,18H2. The number of rotatable bonds is 3. The zero-order valence-electron chi connectivity index (χ0n) is 10.8. The average molecular weight is 328 g/mol. The number of benzene rings is 1. The summed E-state index contributed by atoms with van der Waals surface area (Å²) < 4.78 is 0.951. The molecule has 2 N–H and O–H groups in total. The summed E-state index contributed by atoms with van der Waals surface area (Å²) in [7, 11) is 0. The Morgan fingerprint density at radius 1 is 1.15 bits per heavy atom. The van der Waals surface area contributed by atoms with Crippen molar-refractivity contribution in [3.63, 3.8) is 0 Å². The summed E-state index contributed by atoms with van der Waals surface area (Å²) in [4.78, 5) is 8.79. The van der Waals surface area contributed by atoms with E-state index in [1.807, 2.05) is 42.6 Å². The van der Waals surface area contributed by atoms with Crippen molar-refractivity contribution in [1.82, 2.24) is 9.97 Å². The number of nitrogens with two attached hydrogens (primary N) is 1. The van der Waals surface area contributed by atoms with E-state index in [4.69, 9.17) is 5.73 Å². The minimum atomic E-state index is -0.154. The molecule has 2 aromatic heterocycles. The Bertz CT molecular complexity index is 728. The number of aromatic nitrogens is 2. The molecule has 1 aromatic carbocycles. The maximum absolute atomic E-state index is 6.30. The van der Waals surface area contributed by atoms with Crippen molar-refractivity contribution in [2.45, 2.75) is 12.5 Å². The Hall–Kier alpha value is -1.78. The first-order valence-corrected chi connectivity index (χ1v) is 7.23. The Kier molecular flexibility index (Phi) is 3.76. The van der Waals surface area contributed by atoms with Crippen molar-refractivity contribution in [3.8, 4) is 0 Å². The van der Waals surface area contributed by atoms with Gasteiger partial charge < -0.3 is 5.73 Å². The predicted octanol–water partition coefficient (Wildman–Crippen LogP) is 3.63. The predicted molar refractivity (Wildman–Crippen MR) is 84.3 cm³/mol. The van der Waals surface area contributed by atoms with Gasteiger partial charge in [-0.3, -0.25) is 4.98 Å². The monoisotopic (exact) mass is 327 g/mol. The highest BCUT2D eigenvalue weighted by Gasteiger charge is 2.13. The molecule has 100 valence electrons. The number of halogens is 1. The molecule has 0 aliphatic heterocycles. The lowest BCUT2D eigenvalue weighted by atomic mass is 10.0. The van der Waals surface area contributed by atoms with E-state index in [1.165, 1.54) is 0 Å². The molecule has 0 radical (unpaired) electrons. The van der Waals surface area contributed by atoms with Gasteiger partial charge in [0.25, 0.3) is 0 Å². The summed E-state index contributed by atoms with van der Waals surface area (Å²) in [5.41, 5.74) is 9.26. The van der Waals surface area contributed by atoms with Crippen LogP contribution in [0.1, 0.15) is 17.3 Å². The summed E-state index contributed by atoms with van der Waals surface area (Å²) in [5, 5.41) is 1.11. The van der Waals surface area contributed by atoms with Gasteiger partial charge in [0.1, 0.15) is 0 Å². The van der Waals surface area contributed by atoms with Crippen molar-refractivity contribution in [2.24, 2.45) is 5.73 Å². The van der Waals surface area contributed by atoms with Crippen LogP contribution in [0.4, 0.5) is 0 Å². The molecular weight excluding hydrogens is 314 g/mol. The van der Waals surface area contributed by atoms with Gasteiger partial charge in [0.15, 0.2) is 0 Å². The van der Waals surface area contributed by atoms with Gasteiger partial charge in [-0.05, 0) is 46.1 Å². The highest BCUT2D eigenvalue weighted by Crippen LogP contribution is 2.26. The van der Waals surface area contributed by atoms with Gasteiger partial charge in [-0.15, -0.1) is 0 Å². The molecule has 0 bridgehead atoms. The zero-order chi connectivity index (χ0) is 13.9. The normalized spacial score (nSPS) is 12.5. The third-order valence-electron chi connectivity index (χ3n) is 3.23. The molecule has 3 rings (SSSR count). The van der Waals surface area contributed by atoms with Crippen molar-refractivity contribution < 1.29 is 0 Å². The Morgan fingerprint density at radius 2 is 2.00 bits per heavy atom. The number of hydrogen-bond acceptors (Lipinski definition) is 3. The fourth-order valence-electron chi connectivity index (χ4n) is 2.23. The SMILES string of the molecule is NC(Cc1cccnc1)c1nc2ccccc2cc1Br. The van der Waals surface area contributed by atoms with Crippen LogP contribution in [-0.2, 0) is 6.42 Å². The van der Waals surface area contributed by atoms with E-state index in [-0.39, 0.29) is 6.04 Å². The summed E-state index contributed by atoms with van der Waals surface area (Å²) in [6.45, 7) is 0. The molecule has 0 aliphatic carbocycles. The van der Waals surface area contributed by atoms with Crippen LogP contribution < -0.4 is 5.73 Å². The van der Waals surface area contributed by atoms with Crippen LogP contribution in [0.3, 0.4) is 0 Å². The Balaban J connectivity index is 1.95. The molecule has 2 heterocycles. The van der Waals surface area contributed by atoms with E-state index >= 15 is 0 Å². The lowest BCUT2D eigenvalue weighted by Crippen LogP contribution is -2.15. The van der Waals surface area contributed by atoms with E-state index in [2.05, 4.69) is 32.0 Å². The van der Waals surface area contributed by atoms with E-state index < -0.39 is 0 Å². The lowest BCUT2D eigenvalue weighted by Gasteiger charge is -2.14. The molecule has 4 heteroatoms. The molecule has 3 aromatic rings. The molecule has 0 amide bonds. The summed E-state index contributed by atoms with van der Waals surface area (Å²) in [5.74, 6) is 0. The van der Waals surface area contributed by atoms with Gasteiger partial charge >= 0.3 is 0 Å². The molecule has 0 saturated heterocycles. The van der Waals surface area contributed by atoms with Gasteiger partial charge in [0.2, 0.25) is 0 Å². The first kappa shape index (κ1) is 13.2. The van der Waals surface area contributed by atoms with Gasteiger partial charge in [-0.1, -0.05) is 24.3 Å². The van der Waals surface area contributed by atoms with Gasteiger partial charge in [0, 0.05) is 22.3 Å². The second-order valence-electron chi connectivity index (χ2n) is 4.72. The smallest absolute Gasteiger partial charge is 0.0723 e. The molecular formula is C16H14BrN3.